The second-order valence-electron chi connectivity index (χ2n) is 5.26. The van der Waals surface area contributed by atoms with Gasteiger partial charge in [-0.25, -0.2) is 4.98 Å². The SMILES string of the molecule is Cc1nccn1-c1ccc(CNC(=O)[C@@](C)(O)C(F)(F)F)cc1. The quantitative estimate of drug-likeness (QED) is 0.904. The molecule has 0 aliphatic carbocycles. The fraction of sp³-hybridized carbons (Fsp3) is 0.333. The molecule has 0 fully saturated rings. The number of imidazole rings is 1. The molecular weight excluding hydrogens is 311 g/mol. The van der Waals surface area contributed by atoms with Gasteiger partial charge in [0, 0.05) is 24.6 Å². The summed E-state index contributed by atoms with van der Waals surface area (Å²) in [4.78, 5) is 15.6. The molecule has 0 aliphatic rings. The van der Waals surface area contributed by atoms with Crippen molar-refractivity contribution in [1.82, 2.24) is 14.9 Å². The first-order valence-electron chi connectivity index (χ1n) is 6.79. The van der Waals surface area contributed by atoms with Gasteiger partial charge in [0.1, 0.15) is 5.82 Å². The molecule has 0 aliphatic heterocycles. The number of amides is 1. The number of benzene rings is 1. The highest BCUT2D eigenvalue weighted by molar-refractivity contribution is 5.85. The summed E-state index contributed by atoms with van der Waals surface area (Å²) in [6, 6.07) is 6.88. The number of nitrogens with one attached hydrogen (secondary N) is 1. The van der Waals surface area contributed by atoms with Crippen molar-refractivity contribution >= 4 is 5.91 Å². The van der Waals surface area contributed by atoms with Crippen molar-refractivity contribution < 1.29 is 23.1 Å². The van der Waals surface area contributed by atoms with E-state index in [9.17, 15) is 23.1 Å². The van der Waals surface area contributed by atoms with Crippen LogP contribution in [0.15, 0.2) is 36.7 Å². The molecule has 0 spiro atoms. The maximum absolute atomic E-state index is 12.5. The topological polar surface area (TPSA) is 67.2 Å². The molecule has 0 saturated heterocycles. The van der Waals surface area contributed by atoms with Gasteiger partial charge in [-0.15, -0.1) is 0 Å². The van der Waals surface area contributed by atoms with Crippen LogP contribution in [0, 0.1) is 6.92 Å². The zero-order valence-corrected chi connectivity index (χ0v) is 12.6. The van der Waals surface area contributed by atoms with Gasteiger partial charge in [0.05, 0.1) is 0 Å². The standard InChI is InChI=1S/C15H16F3N3O2/c1-10-19-7-8-21(10)12-5-3-11(4-6-12)9-20-13(22)14(2,23)15(16,17)18/h3-8,23H,9H2,1-2H3,(H,20,22)/t14-/m1/s1. The van der Waals surface area contributed by atoms with E-state index in [4.69, 9.17) is 0 Å². The molecule has 0 radical (unpaired) electrons. The number of aliphatic hydroxyl groups is 1. The molecule has 23 heavy (non-hydrogen) atoms. The number of aromatic nitrogens is 2. The Bertz CT molecular complexity index is 691. The van der Waals surface area contributed by atoms with Crippen molar-refractivity contribution in [3.05, 3.63) is 48.0 Å². The normalized spacial score (nSPS) is 14.3. The maximum Gasteiger partial charge on any atom is 0.426 e. The van der Waals surface area contributed by atoms with Crippen LogP contribution in [0.4, 0.5) is 13.2 Å². The lowest BCUT2D eigenvalue weighted by atomic mass is 10.1. The second kappa shape index (κ2) is 6.04. The maximum atomic E-state index is 12.5. The molecule has 2 rings (SSSR count). The van der Waals surface area contributed by atoms with Crippen LogP contribution in [-0.2, 0) is 11.3 Å². The first kappa shape index (κ1) is 17.0. The molecule has 1 heterocycles. The number of rotatable bonds is 4. The summed E-state index contributed by atoms with van der Waals surface area (Å²) < 4.78 is 39.5. The lowest BCUT2D eigenvalue weighted by Gasteiger charge is -2.24. The van der Waals surface area contributed by atoms with Gasteiger partial charge in [0.15, 0.2) is 0 Å². The fourth-order valence-corrected chi connectivity index (χ4v) is 1.91. The Morgan fingerprint density at radius 1 is 1.30 bits per heavy atom. The summed E-state index contributed by atoms with van der Waals surface area (Å²) in [5.74, 6) is -0.688. The van der Waals surface area contributed by atoms with Crippen LogP contribution in [0.1, 0.15) is 18.3 Å². The Hall–Kier alpha value is -2.35. The van der Waals surface area contributed by atoms with E-state index in [1.54, 1.807) is 36.7 Å². The van der Waals surface area contributed by atoms with Crippen LogP contribution in [0.3, 0.4) is 0 Å². The molecule has 2 N–H and O–H groups in total. The predicted octanol–water partition coefficient (Wildman–Crippen LogP) is 2.11. The number of aryl methyl sites for hydroxylation is 1. The van der Waals surface area contributed by atoms with E-state index in [-0.39, 0.29) is 6.54 Å². The second-order valence-corrected chi connectivity index (χ2v) is 5.26. The average molecular weight is 327 g/mol. The molecule has 0 unspecified atom stereocenters. The van der Waals surface area contributed by atoms with Crippen LogP contribution in [-0.4, -0.2) is 32.3 Å². The number of carbonyl (C=O) groups excluding carboxylic acids is 1. The molecule has 0 bridgehead atoms. The number of hydrogen-bond acceptors (Lipinski definition) is 3. The van der Waals surface area contributed by atoms with Gasteiger partial charge in [0.25, 0.3) is 5.91 Å². The molecule has 1 aromatic carbocycles. The number of alkyl halides is 3. The molecule has 124 valence electrons. The van der Waals surface area contributed by atoms with Crippen molar-refractivity contribution in [2.24, 2.45) is 0 Å². The molecule has 1 atom stereocenters. The van der Waals surface area contributed by atoms with Crippen molar-refractivity contribution in [1.29, 1.82) is 0 Å². The summed E-state index contributed by atoms with van der Waals surface area (Å²) >= 11 is 0. The highest BCUT2D eigenvalue weighted by Crippen LogP contribution is 2.30. The predicted molar refractivity (Wildman–Crippen MR) is 76.8 cm³/mol. The summed E-state index contributed by atoms with van der Waals surface area (Å²) in [7, 11) is 0. The van der Waals surface area contributed by atoms with E-state index < -0.39 is 17.7 Å². The Kier molecular flexibility index (Phi) is 4.46. The third-order valence-electron chi connectivity index (χ3n) is 3.49. The Labute approximate surface area is 130 Å². The van der Waals surface area contributed by atoms with Gasteiger partial charge < -0.3 is 15.0 Å². The van der Waals surface area contributed by atoms with E-state index in [1.807, 2.05) is 11.5 Å². The highest BCUT2D eigenvalue weighted by Gasteiger charge is 2.55. The number of halogens is 3. The Morgan fingerprint density at radius 2 is 1.91 bits per heavy atom. The van der Waals surface area contributed by atoms with Crippen LogP contribution in [0.5, 0.6) is 0 Å². The van der Waals surface area contributed by atoms with Crippen molar-refractivity contribution in [2.45, 2.75) is 32.2 Å². The average Bonchev–Trinajstić information content (AvgIpc) is 2.90. The van der Waals surface area contributed by atoms with Crippen molar-refractivity contribution in [2.75, 3.05) is 0 Å². The van der Waals surface area contributed by atoms with E-state index in [0.717, 1.165) is 11.5 Å². The van der Waals surface area contributed by atoms with Gasteiger partial charge in [-0.05, 0) is 31.5 Å². The number of carbonyl (C=O) groups is 1. The summed E-state index contributed by atoms with van der Waals surface area (Å²) in [5.41, 5.74) is -1.96. The fourth-order valence-electron chi connectivity index (χ4n) is 1.91. The van der Waals surface area contributed by atoms with Gasteiger partial charge in [0.2, 0.25) is 5.60 Å². The van der Waals surface area contributed by atoms with Gasteiger partial charge in [-0.1, -0.05) is 12.1 Å². The summed E-state index contributed by atoms with van der Waals surface area (Å²) in [6.07, 6.45) is -1.59. The Balaban J connectivity index is 2.02. The molecule has 8 heteroatoms. The Morgan fingerprint density at radius 3 is 2.39 bits per heavy atom. The minimum Gasteiger partial charge on any atom is -0.373 e. The van der Waals surface area contributed by atoms with Gasteiger partial charge >= 0.3 is 6.18 Å². The summed E-state index contributed by atoms with van der Waals surface area (Å²) in [6.45, 7) is 2.15. The number of nitrogens with zero attached hydrogens (tertiary/aromatic N) is 2. The van der Waals surface area contributed by atoms with Gasteiger partial charge in [-0.3, -0.25) is 4.79 Å². The van der Waals surface area contributed by atoms with Crippen LogP contribution < -0.4 is 5.32 Å². The zero-order chi connectivity index (χ0) is 17.3. The van der Waals surface area contributed by atoms with Crippen LogP contribution in [0.2, 0.25) is 0 Å². The monoisotopic (exact) mass is 327 g/mol. The van der Waals surface area contributed by atoms with Crippen LogP contribution >= 0.6 is 0 Å². The third-order valence-corrected chi connectivity index (χ3v) is 3.49. The highest BCUT2D eigenvalue weighted by atomic mass is 19.4. The van der Waals surface area contributed by atoms with E-state index in [0.29, 0.717) is 12.5 Å². The molecule has 0 saturated carbocycles. The smallest absolute Gasteiger partial charge is 0.373 e. The minimum absolute atomic E-state index is 0.117. The number of hydrogen-bond donors (Lipinski definition) is 2. The van der Waals surface area contributed by atoms with E-state index in [1.165, 1.54) is 0 Å². The van der Waals surface area contributed by atoms with Crippen LogP contribution in [0.25, 0.3) is 5.69 Å². The summed E-state index contributed by atoms with van der Waals surface area (Å²) in [5, 5.41) is 11.3. The van der Waals surface area contributed by atoms with Crippen molar-refractivity contribution in [3.8, 4) is 5.69 Å². The largest absolute Gasteiger partial charge is 0.426 e. The molecule has 1 amide bonds. The lowest BCUT2D eigenvalue weighted by molar-refractivity contribution is -0.245. The molecule has 1 aromatic heterocycles. The lowest BCUT2D eigenvalue weighted by Crippen LogP contribution is -2.54. The van der Waals surface area contributed by atoms with E-state index in [2.05, 4.69) is 10.3 Å². The zero-order valence-electron chi connectivity index (χ0n) is 12.6. The molecular formula is C15H16F3N3O2. The molecule has 5 nitrogen and oxygen atoms in total. The third kappa shape index (κ3) is 3.53. The first-order chi connectivity index (χ1) is 10.6. The van der Waals surface area contributed by atoms with Crippen molar-refractivity contribution in [3.63, 3.8) is 0 Å². The molecule has 2 aromatic rings. The minimum atomic E-state index is -5.03. The van der Waals surface area contributed by atoms with E-state index >= 15 is 0 Å². The first-order valence-corrected chi connectivity index (χ1v) is 6.79. The van der Waals surface area contributed by atoms with Gasteiger partial charge in [-0.2, -0.15) is 13.2 Å².